The van der Waals surface area contributed by atoms with Gasteiger partial charge in [0, 0.05) is 4.47 Å². The third kappa shape index (κ3) is 5.26. The van der Waals surface area contributed by atoms with Crippen molar-refractivity contribution in [1.29, 1.82) is 0 Å². The van der Waals surface area contributed by atoms with Crippen molar-refractivity contribution in [2.45, 2.75) is 6.18 Å². The van der Waals surface area contributed by atoms with Crippen molar-refractivity contribution in [1.82, 2.24) is 5.32 Å². The zero-order valence-electron chi connectivity index (χ0n) is 9.05. The van der Waals surface area contributed by atoms with E-state index >= 15 is 0 Å². The van der Waals surface area contributed by atoms with Gasteiger partial charge in [0.05, 0.1) is 5.69 Å². The Kier molecular flexibility index (Phi) is 4.83. The van der Waals surface area contributed by atoms with Crippen molar-refractivity contribution in [2.75, 3.05) is 18.9 Å². The minimum atomic E-state index is -4.44. The summed E-state index contributed by atoms with van der Waals surface area (Å²) in [7, 11) is 0. The molecule has 1 aromatic carbocycles. The van der Waals surface area contributed by atoms with Gasteiger partial charge in [0.15, 0.2) is 6.61 Å². The normalized spacial score (nSPS) is 11.1. The molecule has 0 saturated carbocycles. The SMILES string of the molecule is Nc1cc(Br)ccc1OCC(=O)NCC(F)(F)F. The van der Waals surface area contributed by atoms with Crippen molar-refractivity contribution in [3.05, 3.63) is 22.7 Å². The highest BCUT2D eigenvalue weighted by Gasteiger charge is 2.27. The van der Waals surface area contributed by atoms with Gasteiger partial charge in [0.2, 0.25) is 0 Å². The average Bonchev–Trinajstić information content (AvgIpc) is 2.24. The molecule has 0 radical (unpaired) electrons. The highest BCUT2D eigenvalue weighted by Crippen LogP contribution is 2.25. The number of hydrogen-bond acceptors (Lipinski definition) is 3. The predicted molar refractivity (Wildman–Crippen MR) is 63.1 cm³/mol. The van der Waals surface area contributed by atoms with Gasteiger partial charge in [-0.05, 0) is 18.2 Å². The lowest BCUT2D eigenvalue weighted by Crippen LogP contribution is -2.36. The van der Waals surface area contributed by atoms with Gasteiger partial charge in [0.25, 0.3) is 5.91 Å². The van der Waals surface area contributed by atoms with E-state index in [2.05, 4.69) is 15.9 Å². The fourth-order valence-electron chi connectivity index (χ4n) is 1.04. The lowest BCUT2D eigenvalue weighted by atomic mass is 10.3. The molecule has 1 rings (SSSR count). The molecule has 0 fully saturated rings. The molecule has 0 saturated heterocycles. The Labute approximate surface area is 109 Å². The maximum absolute atomic E-state index is 11.8. The zero-order valence-corrected chi connectivity index (χ0v) is 10.6. The van der Waals surface area contributed by atoms with Crippen molar-refractivity contribution in [3.63, 3.8) is 0 Å². The molecule has 0 aliphatic rings. The van der Waals surface area contributed by atoms with Gasteiger partial charge >= 0.3 is 6.18 Å². The van der Waals surface area contributed by atoms with Crippen LogP contribution in [-0.2, 0) is 4.79 Å². The molecule has 18 heavy (non-hydrogen) atoms. The van der Waals surface area contributed by atoms with Crippen molar-refractivity contribution in [3.8, 4) is 5.75 Å². The maximum Gasteiger partial charge on any atom is 0.405 e. The second-order valence-electron chi connectivity index (χ2n) is 3.36. The summed E-state index contributed by atoms with van der Waals surface area (Å²) in [5.74, 6) is -0.630. The van der Waals surface area contributed by atoms with E-state index in [1.54, 1.807) is 17.4 Å². The third-order valence-corrected chi connectivity index (χ3v) is 2.31. The molecule has 1 amide bonds. The van der Waals surface area contributed by atoms with Crippen LogP contribution in [0.1, 0.15) is 0 Å². The van der Waals surface area contributed by atoms with Crippen LogP contribution in [0.5, 0.6) is 5.75 Å². The highest BCUT2D eigenvalue weighted by atomic mass is 79.9. The summed E-state index contributed by atoms with van der Waals surface area (Å²) < 4.78 is 41.1. The van der Waals surface area contributed by atoms with Gasteiger partial charge in [-0.1, -0.05) is 15.9 Å². The first-order valence-corrected chi connectivity index (χ1v) is 5.58. The fraction of sp³-hybridized carbons (Fsp3) is 0.300. The van der Waals surface area contributed by atoms with E-state index < -0.39 is 25.2 Å². The highest BCUT2D eigenvalue weighted by molar-refractivity contribution is 9.10. The number of nitrogens with one attached hydrogen (secondary N) is 1. The van der Waals surface area contributed by atoms with Gasteiger partial charge < -0.3 is 15.8 Å². The minimum Gasteiger partial charge on any atom is -0.482 e. The van der Waals surface area contributed by atoms with Crippen LogP contribution in [-0.4, -0.2) is 25.2 Å². The summed E-state index contributed by atoms with van der Waals surface area (Å²) in [5.41, 5.74) is 5.87. The van der Waals surface area contributed by atoms with Crippen molar-refractivity contribution >= 4 is 27.5 Å². The number of carbonyl (C=O) groups excluding carboxylic acids is 1. The first-order chi connectivity index (χ1) is 8.28. The Hall–Kier alpha value is -1.44. The van der Waals surface area contributed by atoms with Crippen LogP contribution in [0.25, 0.3) is 0 Å². The summed E-state index contributed by atoms with van der Waals surface area (Å²) in [4.78, 5) is 11.1. The van der Waals surface area contributed by atoms with E-state index in [1.165, 1.54) is 6.07 Å². The third-order valence-electron chi connectivity index (χ3n) is 1.82. The van der Waals surface area contributed by atoms with Crippen LogP contribution in [0, 0.1) is 0 Å². The van der Waals surface area contributed by atoms with E-state index in [1.807, 2.05) is 0 Å². The Morgan fingerprint density at radius 1 is 1.44 bits per heavy atom. The molecule has 1 aromatic rings. The average molecular weight is 327 g/mol. The second-order valence-corrected chi connectivity index (χ2v) is 4.28. The summed E-state index contributed by atoms with van der Waals surface area (Å²) in [6.45, 7) is -1.91. The number of rotatable bonds is 4. The van der Waals surface area contributed by atoms with Crippen molar-refractivity contribution < 1.29 is 22.7 Å². The number of alkyl halides is 3. The van der Waals surface area contributed by atoms with Gasteiger partial charge in [-0.15, -0.1) is 0 Å². The van der Waals surface area contributed by atoms with E-state index in [-0.39, 0.29) is 11.4 Å². The minimum absolute atomic E-state index is 0.236. The molecule has 0 atom stereocenters. The quantitative estimate of drug-likeness (QED) is 0.833. The van der Waals surface area contributed by atoms with Crippen LogP contribution in [0.15, 0.2) is 22.7 Å². The molecule has 4 nitrogen and oxygen atoms in total. The van der Waals surface area contributed by atoms with Crippen LogP contribution in [0.4, 0.5) is 18.9 Å². The number of benzene rings is 1. The van der Waals surface area contributed by atoms with Crippen LogP contribution < -0.4 is 15.8 Å². The molecule has 0 aromatic heterocycles. The Bertz CT molecular complexity index is 438. The monoisotopic (exact) mass is 326 g/mol. The van der Waals surface area contributed by atoms with E-state index in [0.29, 0.717) is 0 Å². The van der Waals surface area contributed by atoms with Gasteiger partial charge in [-0.2, -0.15) is 13.2 Å². The first kappa shape index (κ1) is 14.6. The molecule has 0 aliphatic carbocycles. The molecular formula is C10H10BrF3N2O2. The first-order valence-electron chi connectivity index (χ1n) is 4.79. The van der Waals surface area contributed by atoms with Crippen molar-refractivity contribution in [2.24, 2.45) is 0 Å². The standard InChI is InChI=1S/C10H10BrF3N2O2/c11-6-1-2-8(7(15)3-6)18-4-9(17)16-5-10(12,13)14/h1-3H,4-5,15H2,(H,16,17). The van der Waals surface area contributed by atoms with Crippen LogP contribution >= 0.6 is 15.9 Å². The second kappa shape index (κ2) is 5.94. The number of hydrogen-bond donors (Lipinski definition) is 2. The lowest BCUT2D eigenvalue weighted by Gasteiger charge is -2.10. The molecule has 0 heterocycles. The summed E-state index contributed by atoms with van der Waals surface area (Å²) >= 11 is 3.18. The Morgan fingerprint density at radius 3 is 2.67 bits per heavy atom. The number of ether oxygens (including phenoxy) is 1. The van der Waals surface area contributed by atoms with Crippen LogP contribution in [0.3, 0.4) is 0 Å². The molecule has 8 heteroatoms. The molecule has 100 valence electrons. The number of nitrogen functional groups attached to an aromatic ring is 1. The fourth-order valence-corrected chi connectivity index (χ4v) is 1.42. The van der Waals surface area contributed by atoms with E-state index in [4.69, 9.17) is 10.5 Å². The van der Waals surface area contributed by atoms with Gasteiger partial charge in [-0.25, -0.2) is 0 Å². The Morgan fingerprint density at radius 2 is 2.11 bits per heavy atom. The number of amides is 1. The summed E-state index contributed by atoms with van der Waals surface area (Å²) in [5, 5.41) is 1.68. The maximum atomic E-state index is 11.8. The van der Waals surface area contributed by atoms with E-state index in [0.717, 1.165) is 4.47 Å². The molecule has 3 N–H and O–H groups in total. The number of nitrogens with two attached hydrogens (primary N) is 1. The Balaban J connectivity index is 2.43. The largest absolute Gasteiger partial charge is 0.482 e. The molecule has 0 bridgehead atoms. The molecule has 0 aliphatic heterocycles. The number of carbonyl (C=O) groups is 1. The van der Waals surface area contributed by atoms with E-state index in [9.17, 15) is 18.0 Å². The lowest BCUT2D eigenvalue weighted by molar-refractivity contribution is -0.139. The molecule has 0 unspecified atom stereocenters. The molecule has 0 spiro atoms. The van der Waals surface area contributed by atoms with Gasteiger partial charge in [0.1, 0.15) is 12.3 Å². The topological polar surface area (TPSA) is 64.3 Å². The molecular weight excluding hydrogens is 317 g/mol. The number of halogens is 4. The summed E-state index contributed by atoms with van der Waals surface area (Å²) in [6.07, 6.45) is -4.44. The van der Waals surface area contributed by atoms with Crippen LogP contribution in [0.2, 0.25) is 0 Å². The van der Waals surface area contributed by atoms with Gasteiger partial charge in [-0.3, -0.25) is 4.79 Å². The summed E-state index contributed by atoms with van der Waals surface area (Å²) in [6, 6.07) is 4.71. The zero-order chi connectivity index (χ0) is 13.8. The number of anilines is 1. The predicted octanol–water partition coefficient (Wildman–Crippen LogP) is 2.09. The smallest absolute Gasteiger partial charge is 0.405 e.